The van der Waals surface area contributed by atoms with Crippen LogP contribution in [0.15, 0.2) is 18.2 Å². The second-order valence-corrected chi connectivity index (χ2v) is 5.60. The molecule has 0 radical (unpaired) electrons. The number of amides is 1. The van der Waals surface area contributed by atoms with Crippen molar-refractivity contribution >= 4 is 23.5 Å². The quantitative estimate of drug-likeness (QED) is 0.467. The third-order valence-electron chi connectivity index (χ3n) is 2.90. The molecule has 0 heterocycles. The number of para-hydroxylation sites is 1. The minimum atomic E-state index is -0.718. The van der Waals surface area contributed by atoms with Gasteiger partial charge in [0.05, 0.1) is 12.3 Å². The Kier molecular flexibility index (Phi) is 7.38. The van der Waals surface area contributed by atoms with Gasteiger partial charge in [-0.3, -0.25) is 14.4 Å². The van der Waals surface area contributed by atoms with Gasteiger partial charge in [-0.05, 0) is 6.07 Å². The Morgan fingerprint density at radius 2 is 1.75 bits per heavy atom. The lowest BCUT2D eigenvalue weighted by Gasteiger charge is -2.22. The molecule has 0 saturated carbocycles. The van der Waals surface area contributed by atoms with E-state index in [4.69, 9.17) is 14.2 Å². The van der Waals surface area contributed by atoms with Gasteiger partial charge in [0, 0.05) is 32.3 Å². The van der Waals surface area contributed by atoms with Gasteiger partial charge in [0.25, 0.3) is 0 Å². The van der Waals surface area contributed by atoms with Crippen molar-refractivity contribution in [1.29, 1.82) is 0 Å². The summed E-state index contributed by atoms with van der Waals surface area (Å²) in [6.07, 6.45) is -0.718. The van der Waals surface area contributed by atoms with Crippen molar-refractivity contribution in [2.45, 2.75) is 47.5 Å². The summed E-state index contributed by atoms with van der Waals surface area (Å²) >= 11 is 0. The fourth-order valence-electron chi connectivity index (χ4n) is 1.95. The number of benzene rings is 1. The minimum Gasteiger partial charge on any atom is -0.436 e. The Balaban J connectivity index is 3.02. The van der Waals surface area contributed by atoms with Crippen LogP contribution >= 0.6 is 0 Å². The molecule has 132 valence electrons. The molecule has 0 aliphatic rings. The molecule has 7 heteroatoms. The van der Waals surface area contributed by atoms with Crippen LogP contribution in [0.4, 0.5) is 5.69 Å². The molecule has 1 atom stereocenters. The highest BCUT2D eigenvalue weighted by Crippen LogP contribution is 2.30. The third-order valence-corrected chi connectivity index (χ3v) is 2.90. The van der Waals surface area contributed by atoms with E-state index in [0.29, 0.717) is 11.3 Å². The summed E-state index contributed by atoms with van der Waals surface area (Å²) in [4.78, 5) is 33.8. The van der Waals surface area contributed by atoms with Crippen molar-refractivity contribution < 1.29 is 28.6 Å². The fourth-order valence-corrected chi connectivity index (χ4v) is 1.95. The van der Waals surface area contributed by atoms with Crippen molar-refractivity contribution in [1.82, 2.24) is 0 Å². The van der Waals surface area contributed by atoms with Crippen LogP contribution in [0.25, 0.3) is 0 Å². The molecule has 1 rings (SSSR count). The largest absolute Gasteiger partial charge is 0.436 e. The van der Waals surface area contributed by atoms with E-state index in [2.05, 4.69) is 5.32 Å². The lowest BCUT2D eigenvalue weighted by Crippen LogP contribution is -2.25. The number of hydrogen-bond donors (Lipinski definition) is 1. The number of rotatable bonds is 7. The third kappa shape index (κ3) is 6.37. The van der Waals surface area contributed by atoms with Gasteiger partial charge in [-0.25, -0.2) is 0 Å². The Morgan fingerprint density at radius 1 is 1.08 bits per heavy atom. The molecule has 0 saturated heterocycles. The lowest BCUT2D eigenvalue weighted by molar-refractivity contribution is -0.189. The molecule has 0 bridgehead atoms. The van der Waals surface area contributed by atoms with Crippen molar-refractivity contribution in [3.8, 4) is 5.75 Å². The van der Waals surface area contributed by atoms with Gasteiger partial charge < -0.3 is 19.5 Å². The second-order valence-electron chi connectivity index (χ2n) is 5.60. The SMILES string of the molecule is CC(=O)Nc1c(COC(OC(C)=O)C(C)C)cccc1OC(C)=O. The summed E-state index contributed by atoms with van der Waals surface area (Å²) in [6.45, 7) is 7.72. The second kappa shape index (κ2) is 9.02. The number of nitrogens with one attached hydrogen (secondary N) is 1. The summed E-state index contributed by atoms with van der Waals surface area (Å²) in [5, 5.41) is 2.64. The van der Waals surface area contributed by atoms with E-state index in [0.717, 1.165) is 0 Å². The van der Waals surface area contributed by atoms with Crippen LogP contribution in [0.5, 0.6) is 5.75 Å². The minimum absolute atomic E-state index is 0.0465. The molecule has 7 nitrogen and oxygen atoms in total. The average molecular weight is 337 g/mol. The van der Waals surface area contributed by atoms with Crippen LogP contribution in [0.2, 0.25) is 0 Å². The van der Waals surface area contributed by atoms with E-state index >= 15 is 0 Å². The maximum atomic E-state index is 11.4. The van der Waals surface area contributed by atoms with Crippen LogP contribution in [0.1, 0.15) is 40.2 Å². The highest BCUT2D eigenvalue weighted by atomic mass is 16.7. The van der Waals surface area contributed by atoms with E-state index in [9.17, 15) is 14.4 Å². The topological polar surface area (TPSA) is 90.9 Å². The molecule has 0 spiro atoms. The molecule has 1 amide bonds. The van der Waals surface area contributed by atoms with Gasteiger partial charge in [-0.15, -0.1) is 0 Å². The van der Waals surface area contributed by atoms with E-state index in [1.807, 2.05) is 13.8 Å². The maximum absolute atomic E-state index is 11.4. The van der Waals surface area contributed by atoms with Crippen molar-refractivity contribution in [2.75, 3.05) is 5.32 Å². The number of carbonyl (C=O) groups excluding carboxylic acids is 3. The molecule has 0 aliphatic carbocycles. The normalized spacial score (nSPS) is 11.8. The molecule has 1 N–H and O–H groups in total. The first-order valence-electron chi connectivity index (χ1n) is 7.57. The molecule has 1 unspecified atom stereocenters. The maximum Gasteiger partial charge on any atom is 0.308 e. The van der Waals surface area contributed by atoms with Crippen LogP contribution in [0, 0.1) is 5.92 Å². The van der Waals surface area contributed by atoms with Gasteiger partial charge in [0.15, 0.2) is 5.75 Å². The molecule has 0 aliphatic heterocycles. The number of ether oxygens (including phenoxy) is 3. The molecule has 0 aromatic heterocycles. The van der Waals surface area contributed by atoms with E-state index in [1.165, 1.54) is 20.8 Å². The van der Waals surface area contributed by atoms with Gasteiger partial charge in [-0.1, -0.05) is 26.0 Å². The molecular formula is C17H23NO6. The van der Waals surface area contributed by atoms with Gasteiger partial charge in [0.2, 0.25) is 12.2 Å². The molecular weight excluding hydrogens is 314 g/mol. The number of hydrogen-bond acceptors (Lipinski definition) is 6. The Morgan fingerprint density at radius 3 is 2.25 bits per heavy atom. The Hall–Kier alpha value is -2.41. The van der Waals surface area contributed by atoms with Crippen molar-refractivity contribution in [2.24, 2.45) is 5.92 Å². The fraction of sp³-hybridized carbons (Fsp3) is 0.471. The summed E-state index contributed by atoms with van der Waals surface area (Å²) < 4.78 is 15.9. The number of carbonyl (C=O) groups is 3. The molecule has 0 fully saturated rings. The molecule has 1 aromatic carbocycles. The summed E-state index contributed by atoms with van der Waals surface area (Å²) in [5.74, 6) is -1.07. The van der Waals surface area contributed by atoms with Gasteiger partial charge >= 0.3 is 11.9 Å². The summed E-state index contributed by atoms with van der Waals surface area (Å²) in [7, 11) is 0. The van der Waals surface area contributed by atoms with Crippen LogP contribution in [-0.4, -0.2) is 24.1 Å². The van der Waals surface area contributed by atoms with E-state index in [-0.39, 0.29) is 24.2 Å². The summed E-state index contributed by atoms with van der Waals surface area (Å²) in [5.41, 5.74) is 0.951. The average Bonchev–Trinajstić information content (AvgIpc) is 2.44. The molecule has 1 aromatic rings. The lowest BCUT2D eigenvalue weighted by atomic mass is 10.1. The summed E-state index contributed by atoms with van der Waals surface area (Å²) in [6, 6.07) is 4.98. The van der Waals surface area contributed by atoms with Gasteiger partial charge in [0.1, 0.15) is 0 Å². The predicted octanol–water partition coefficient (Wildman–Crippen LogP) is 2.63. The van der Waals surface area contributed by atoms with Crippen LogP contribution in [-0.2, 0) is 30.5 Å². The number of anilines is 1. The smallest absolute Gasteiger partial charge is 0.308 e. The zero-order valence-electron chi connectivity index (χ0n) is 14.5. The standard InChI is InChI=1S/C17H23NO6/c1-10(2)17(24-13(5)21)22-9-14-7-6-8-15(23-12(4)20)16(14)18-11(3)19/h6-8,10,17H,9H2,1-5H3,(H,18,19). The van der Waals surface area contributed by atoms with Crippen LogP contribution in [0.3, 0.4) is 0 Å². The Labute approximate surface area is 141 Å². The first-order chi connectivity index (χ1) is 11.2. The highest BCUT2D eigenvalue weighted by Gasteiger charge is 2.19. The Bertz CT molecular complexity index is 611. The van der Waals surface area contributed by atoms with Gasteiger partial charge in [-0.2, -0.15) is 0 Å². The monoisotopic (exact) mass is 337 g/mol. The van der Waals surface area contributed by atoms with E-state index in [1.54, 1.807) is 18.2 Å². The van der Waals surface area contributed by atoms with Crippen LogP contribution < -0.4 is 10.1 Å². The highest BCUT2D eigenvalue weighted by molar-refractivity contribution is 5.92. The van der Waals surface area contributed by atoms with Crippen molar-refractivity contribution in [3.63, 3.8) is 0 Å². The number of esters is 2. The van der Waals surface area contributed by atoms with Crippen molar-refractivity contribution in [3.05, 3.63) is 23.8 Å². The first-order valence-corrected chi connectivity index (χ1v) is 7.57. The van der Waals surface area contributed by atoms with E-state index < -0.39 is 18.2 Å². The zero-order valence-corrected chi connectivity index (χ0v) is 14.5. The zero-order chi connectivity index (χ0) is 18.3. The first kappa shape index (κ1) is 19.6. The predicted molar refractivity (Wildman–Crippen MR) is 87.2 cm³/mol. The molecule has 24 heavy (non-hydrogen) atoms.